The predicted octanol–water partition coefficient (Wildman–Crippen LogP) is 4.38. The lowest BCUT2D eigenvalue weighted by atomic mass is 10.1. The van der Waals surface area contributed by atoms with Crippen molar-refractivity contribution in [2.45, 2.75) is 13.8 Å². The number of hydrogen-bond donors (Lipinski definition) is 0. The molecule has 0 aliphatic rings. The van der Waals surface area contributed by atoms with Crippen molar-refractivity contribution in [1.82, 2.24) is 9.38 Å². The van der Waals surface area contributed by atoms with Gasteiger partial charge in [-0.15, -0.1) is 0 Å². The second kappa shape index (κ2) is 4.25. The van der Waals surface area contributed by atoms with Crippen molar-refractivity contribution in [3.8, 4) is 11.3 Å². The highest BCUT2D eigenvalue weighted by Crippen LogP contribution is 2.24. The molecule has 3 heteroatoms. The second-order valence-corrected chi connectivity index (χ2v) is 5.37. The molecule has 1 aromatic carbocycles. The molecule has 90 valence electrons. The first-order valence-corrected chi connectivity index (χ1v) is 6.65. The maximum absolute atomic E-state index is 4.67. The average Bonchev–Trinajstić information content (AvgIpc) is 2.78. The van der Waals surface area contributed by atoms with E-state index in [2.05, 4.69) is 59.2 Å². The molecule has 0 atom stereocenters. The summed E-state index contributed by atoms with van der Waals surface area (Å²) in [4.78, 5) is 4.67. The van der Waals surface area contributed by atoms with Gasteiger partial charge in [0.1, 0.15) is 0 Å². The summed E-state index contributed by atoms with van der Waals surface area (Å²) in [5, 5.41) is 0. The summed E-state index contributed by atoms with van der Waals surface area (Å²) in [7, 11) is 0. The summed E-state index contributed by atoms with van der Waals surface area (Å²) in [6, 6.07) is 10.5. The van der Waals surface area contributed by atoms with Gasteiger partial charge in [0, 0.05) is 18.0 Å². The Morgan fingerprint density at radius 1 is 1.11 bits per heavy atom. The topological polar surface area (TPSA) is 17.3 Å². The zero-order chi connectivity index (χ0) is 12.7. The molecule has 0 saturated carbocycles. The van der Waals surface area contributed by atoms with E-state index in [4.69, 9.17) is 0 Å². The minimum atomic E-state index is 0.950. The lowest BCUT2D eigenvalue weighted by molar-refractivity contribution is 1.18. The lowest BCUT2D eigenvalue weighted by Gasteiger charge is -2.01. The lowest BCUT2D eigenvalue weighted by Crippen LogP contribution is -1.83. The highest BCUT2D eigenvalue weighted by molar-refractivity contribution is 9.10. The van der Waals surface area contributed by atoms with E-state index in [1.54, 1.807) is 0 Å². The average molecular weight is 301 g/mol. The quantitative estimate of drug-likeness (QED) is 0.652. The van der Waals surface area contributed by atoms with Crippen molar-refractivity contribution < 1.29 is 0 Å². The highest BCUT2D eigenvalue weighted by atomic mass is 79.9. The van der Waals surface area contributed by atoms with Gasteiger partial charge in [0.2, 0.25) is 0 Å². The van der Waals surface area contributed by atoms with Crippen LogP contribution in [0.3, 0.4) is 0 Å². The number of hydrogen-bond acceptors (Lipinski definition) is 1. The molecule has 0 saturated heterocycles. The van der Waals surface area contributed by atoms with E-state index < -0.39 is 0 Å². The molecule has 0 radical (unpaired) electrons. The first kappa shape index (κ1) is 11.5. The highest BCUT2D eigenvalue weighted by Gasteiger charge is 2.07. The van der Waals surface area contributed by atoms with Crippen molar-refractivity contribution >= 4 is 21.6 Å². The Bertz CT molecular complexity index is 728. The van der Waals surface area contributed by atoms with Crippen LogP contribution < -0.4 is 0 Å². The Morgan fingerprint density at radius 2 is 1.94 bits per heavy atom. The summed E-state index contributed by atoms with van der Waals surface area (Å²) in [6.07, 6.45) is 4.07. The smallest absolute Gasteiger partial charge is 0.151 e. The van der Waals surface area contributed by atoms with Crippen LogP contribution in [-0.4, -0.2) is 9.38 Å². The fourth-order valence-electron chi connectivity index (χ4n) is 2.02. The number of imidazole rings is 1. The number of pyridine rings is 1. The predicted molar refractivity (Wildman–Crippen MR) is 77.8 cm³/mol. The number of aryl methyl sites for hydroxylation is 2. The molecule has 2 nitrogen and oxygen atoms in total. The van der Waals surface area contributed by atoms with Gasteiger partial charge >= 0.3 is 0 Å². The summed E-state index contributed by atoms with van der Waals surface area (Å²) >= 11 is 3.53. The van der Waals surface area contributed by atoms with Gasteiger partial charge in [-0.1, -0.05) is 12.1 Å². The minimum Gasteiger partial charge on any atom is -0.306 e. The van der Waals surface area contributed by atoms with Gasteiger partial charge in [-0.3, -0.25) is 0 Å². The first-order chi connectivity index (χ1) is 8.65. The second-order valence-electron chi connectivity index (χ2n) is 4.51. The van der Waals surface area contributed by atoms with Gasteiger partial charge in [-0.2, -0.15) is 0 Å². The van der Waals surface area contributed by atoms with Crippen LogP contribution in [0.4, 0.5) is 0 Å². The maximum Gasteiger partial charge on any atom is 0.151 e. The molecule has 0 amide bonds. The molecule has 3 aromatic rings. The van der Waals surface area contributed by atoms with Crippen LogP contribution in [0.1, 0.15) is 11.1 Å². The fourth-order valence-corrected chi connectivity index (χ4v) is 2.46. The normalized spacial score (nSPS) is 11.1. The summed E-state index contributed by atoms with van der Waals surface area (Å²) < 4.78 is 3.05. The zero-order valence-electron chi connectivity index (χ0n) is 10.3. The van der Waals surface area contributed by atoms with Crippen LogP contribution in [-0.2, 0) is 0 Å². The molecule has 0 spiro atoms. The molecule has 0 fully saturated rings. The van der Waals surface area contributed by atoms with E-state index in [1.807, 2.05) is 22.7 Å². The van der Waals surface area contributed by atoms with Gasteiger partial charge in [-0.25, -0.2) is 4.98 Å². The molecule has 2 aromatic heterocycles. The maximum atomic E-state index is 4.67. The molecular formula is C15H13BrN2. The van der Waals surface area contributed by atoms with Crippen LogP contribution in [0.5, 0.6) is 0 Å². The summed E-state index contributed by atoms with van der Waals surface area (Å²) in [5.74, 6) is 0. The zero-order valence-corrected chi connectivity index (χ0v) is 11.9. The third-order valence-electron chi connectivity index (χ3n) is 3.24. The summed E-state index contributed by atoms with van der Waals surface area (Å²) in [6.45, 7) is 4.25. The third-order valence-corrected chi connectivity index (χ3v) is 3.86. The van der Waals surface area contributed by atoms with Crippen molar-refractivity contribution in [1.29, 1.82) is 0 Å². The molecule has 0 aliphatic heterocycles. The molecular weight excluding hydrogens is 288 g/mol. The number of fused-ring (bicyclic) bond motifs is 1. The van der Waals surface area contributed by atoms with E-state index in [0.29, 0.717) is 0 Å². The van der Waals surface area contributed by atoms with E-state index in [1.165, 1.54) is 11.1 Å². The SMILES string of the molecule is Cc1ccc(-c2cn3cccc(Br)c3n2)cc1C. The molecule has 0 unspecified atom stereocenters. The fraction of sp³-hybridized carbons (Fsp3) is 0.133. The number of rotatable bonds is 1. The Morgan fingerprint density at radius 3 is 2.67 bits per heavy atom. The number of benzene rings is 1. The van der Waals surface area contributed by atoms with Crippen molar-refractivity contribution in [2.75, 3.05) is 0 Å². The van der Waals surface area contributed by atoms with Crippen molar-refractivity contribution in [3.05, 3.63) is 58.3 Å². The number of halogens is 1. The number of aromatic nitrogens is 2. The molecule has 18 heavy (non-hydrogen) atoms. The Hall–Kier alpha value is -1.61. The van der Waals surface area contributed by atoms with Crippen LogP contribution in [0.15, 0.2) is 47.2 Å². The Balaban J connectivity index is 2.19. The standard InChI is InChI=1S/C15H13BrN2/c1-10-5-6-12(8-11(10)2)14-9-18-7-3-4-13(16)15(18)17-14/h3-9H,1-2H3. The Kier molecular flexibility index (Phi) is 2.71. The third kappa shape index (κ3) is 1.85. The van der Waals surface area contributed by atoms with E-state index in [-0.39, 0.29) is 0 Å². The molecule has 0 aliphatic carbocycles. The van der Waals surface area contributed by atoms with E-state index >= 15 is 0 Å². The van der Waals surface area contributed by atoms with Crippen molar-refractivity contribution in [3.63, 3.8) is 0 Å². The Labute approximate surface area is 114 Å². The molecule has 0 bridgehead atoms. The summed E-state index contributed by atoms with van der Waals surface area (Å²) in [5.41, 5.74) is 5.72. The van der Waals surface area contributed by atoms with Crippen LogP contribution in [0, 0.1) is 13.8 Å². The van der Waals surface area contributed by atoms with E-state index in [9.17, 15) is 0 Å². The van der Waals surface area contributed by atoms with Crippen LogP contribution in [0.2, 0.25) is 0 Å². The largest absolute Gasteiger partial charge is 0.306 e. The van der Waals surface area contributed by atoms with Crippen LogP contribution in [0.25, 0.3) is 16.9 Å². The van der Waals surface area contributed by atoms with Gasteiger partial charge in [0.15, 0.2) is 5.65 Å². The van der Waals surface area contributed by atoms with Crippen LogP contribution >= 0.6 is 15.9 Å². The molecule has 2 heterocycles. The molecule has 0 N–H and O–H groups in total. The van der Waals surface area contributed by atoms with E-state index in [0.717, 1.165) is 21.4 Å². The monoisotopic (exact) mass is 300 g/mol. The number of nitrogens with zero attached hydrogens (tertiary/aromatic N) is 2. The molecule has 3 rings (SSSR count). The van der Waals surface area contributed by atoms with Gasteiger partial charge in [0.25, 0.3) is 0 Å². The van der Waals surface area contributed by atoms with Crippen molar-refractivity contribution in [2.24, 2.45) is 0 Å². The van der Waals surface area contributed by atoms with Gasteiger partial charge in [-0.05, 0) is 59.1 Å². The van der Waals surface area contributed by atoms with Gasteiger partial charge < -0.3 is 4.40 Å². The first-order valence-electron chi connectivity index (χ1n) is 5.86. The minimum absolute atomic E-state index is 0.950. The van der Waals surface area contributed by atoms with Gasteiger partial charge in [0.05, 0.1) is 10.2 Å².